The second-order valence-electron chi connectivity index (χ2n) is 3.24. The summed E-state index contributed by atoms with van der Waals surface area (Å²) in [7, 11) is 0. The molecule has 0 saturated heterocycles. The van der Waals surface area contributed by atoms with E-state index in [0.717, 1.165) is 0 Å². The molecule has 5 heteroatoms. The first kappa shape index (κ1) is 12.1. The van der Waals surface area contributed by atoms with E-state index in [9.17, 15) is 4.79 Å². The maximum absolute atomic E-state index is 10.8. The van der Waals surface area contributed by atoms with Crippen molar-refractivity contribution in [3.8, 4) is 5.75 Å². The Kier molecular flexibility index (Phi) is 3.83. The molecule has 1 aromatic rings. The molecule has 0 amide bonds. The highest BCUT2D eigenvalue weighted by atomic mass is 35.5. The lowest BCUT2D eigenvalue weighted by Gasteiger charge is -2.12. The summed E-state index contributed by atoms with van der Waals surface area (Å²) in [6, 6.07) is 2.79. The first-order chi connectivity index (χ1) is 6.91. The van der Waals surface area contributed by atoms with Gasteiger partial charge in [0.25, 0.3) is 0 Å². The number of carboxylic acids is 1. The van der Waals surface area contributed by atoms with E-state index in [1.807, 2.05) is 13.8 Å². The lowest BCUT2D eigenvalue weighted by molar-refractivity contribution is 0.0696. The Morgan fingerprint density at radius 3 is 2.47 bits per heavy atom. The second-order valence-corrected chi connectivity index (χ2v) is 4.05. The van der Waals surface area contributed by atoms with E-state index in [4.69, 9.17) is 33.0 Å². The van der Waals surface area contributed by atoms with Gasteiger partial charge in [-0.2, -0.15) is 0 Å². The standard InChI is InChI=1S/C10H10Cl2O3/c1-5(2)15-8-4-6(11)3-7(9(8)12)10(13)14/h3-5H,1-2H3,(H,13,14). The van der Waals surface area contributed by atoms with Crippen LogP contribution in [0.3, 0.4) is 0 Å². The van der Waals surface area contributed by atoms with Gasteiger partial charge in [-0.15, -0.1) is 0 Å². The maximum atomic E-state index is 10.8. The smallest absolute Gasteiger partial charge is 0.337 e. The Hall–Kier alpha value is -0.930. The molecular formula is C10H10Cl2O3. The van der Waals surface area contributed by atoms with E-state index < -0.39 is 5.97 Å². The molecule has 0 atom stereocenters. The van der Waals surface area contributed by atoms with Crippen LogP contribution in [0.15, 0.2) is 12.1 Å². The minimum Gasteiger partial charge on any atom is -0.489 e. The van der Waals surface area contributed by atoms with Crippen molar-refractivity contribution >= 4 is 29.2 Å². The van der Waals surface area contributed by atoms with Gasteiger partial charge in [0.2, 0.25) is 0 Å². The molecule has 0 aromatic heterocycles. The van der Waals surface area contributed by atoms with Crippen LogP contribution in [0.2, 0.25) is 10.0 Å². The van der Waals surface area contributed by atoms with Crippen LogP contribution in [0, 0.1) is 0 Å². The Balaban J connectivity index is 3.22. The molecule has 0 spiro atoms. The fourth-order valence-electron chi connectivity index (χ4n) is 1.06. The van der Waals surface area contributed by atoms with Crippen LogP contribution in [0.1, 0.15) is 24.2 Å². The molecule has 0 saturated carbocycles. The summed E-state index contributed by atoms with van der Waals surface area (Å²) in [6.07, 6.45) is -0.0948. The summed E-state index contributed by atoms with van der Waals surface area (Å²) in [5.74, 6) is -0.840. The van der Waals surface area contributed by atoms with Crippen molar-refractivity contribution in [2.45, 2.75) is 20.0 Å². The summed E-state index contributed by atoms with van der Waals surface area (Å²) < 4.78 is 5.34. The first-order valence-corrected chi connectivity index (χ1v) is 5.06. The normalized spacial score (nSPS) is 10.5. The van der Waals surface area contributed by atoms with Gasteiger partial charge in [-0.1, -0.05) is 23.2 Å². The summed E-state index contributed by atoms with van der Waals surface area (Å²) in [4.78, 5) is 10.8. The Bertz CT molecular complexity index is 388. The van der Waals surface area contributed by atoms with E-state index in [1.165, 1.54) is 12.1 Å². The Morgan fingerprint density at radius 2 is 2.00 bits per heavy atom. The number of ether oxygens (including phenoxy) is 1. The van der Waals surface area contributed by atoms with E-state index in [1.54, 1.807) is 0 Å². The van der Waals surface area contributed by atoms with Crippen LogP contribution < -0.4 is 4.74 Å². The third-order valence-corrected chi connectivity index (χ3v) is 2.21. The molecule has 0 aliphatic rings. The highest BCUT2D eigenvalue weighted by molar-refractivity contribution is 6.36. The van der Waals surface area contributed by atoms with E-state index in [-0.39, 0.29) is 27.5 Å². The van der Waals surface area contributed by atoms with Crippen molar-refractivity contribution in [2.75, 3.05) is 0 Å². The van der Waals surface area contributed by atoms with Crippen molar-refractivity contribution in [1.82, 2.24) is 0 Å². The largest absolute Gasteiger partial charge is 0.489 e. The third-order valence-electron chi connectivity index (χ3n) is 1.60. The summed E-state index contributed by atoms with van der Waals surface area (Å²) in [6.45, 7) is 3.63. The number of aromatic carboxylic acids is 1. The molecule has 0 heterocycles. The molecule has 82 valence electrons. The zero-order valence-electron chi connectivity index (χ0n) is 8.25. The van der Waals surface area contributed by atoms with E-state index >= 15 is 0 Å². The maximum Gasteiger partial charge on any atom is 0.337 e. The van der Waals surface area contributed by atoms with Gasteiger partial charge >= 0.3 is 5.97 Å². The van der Waals surface area contributed by atoms with Crippen LogP contribution in [0.4, 0.5) is 0 Å². The van der Waals surface area contributed by atoms with Crippen molar-refractivity contribution in [1.29, 1.82) is 0 Å². The highest BCUT2D eigenvalue weighted by Gasteiger charge is 2.15. The SMILES string of the molecule is CC(C)Oc1cc(Cl)cc(C(=O)O)c1Cl. The van der Waals surface area contributed by atoms with Gasteiger partial charge in [-0.25, -0.2) is 4.79 Å². The number of carbonyl (C=O) groups is 1. The van der Waals surface area contributed by atoms with Crippen LogP contribution in [0.5, 0.6) is 5.75 Å². The van der Waals surface area contributed by atoms with Gasteiger partial charge < -0.3 is 9.84 Å². The number of halogens is 2. The topological polar surface area (TPSA) is 46.5 Å². The van der Waals surface area contributed by atoms with Crippen molar-refractivity contribution in [3.05, 3.63) is 27.7 Å². The highest BCUT2D eigenvalue weighted by Crippen LogP contribution is 2.32. The van der Waals surface area contributed by atoms with Crippen LogP contribution in [0.25, 0.3) is 0 Å². The number of hydrogen-bond donors (Lipinski definition) is 1. The zero-order valence-corrected chi connectivity index (χ0v) is 9.76. The monoisotopic (exact) mass is 248 g/mol. The van der Waals surface area contributed by atoms with Crippen molar-refractivity contribution in [2.24, 2.45) is 0 Å². The number of carboxylic acid groups (broad SMARTS) is 1. The molecule has 1 rings (SSSR count). The predicted octanol–water partition coefficient (Wildman–Crippen LogP) is 3.48. The molecule has 1 N–H and O–H groups in total. The molecule has 0 radical (unpaired) electrons. The summed E-state index contributed by atoms with van der Waals surface area (Å²) in [5, 5.41) is 9.20. The summed E-state index contributed by atoms with van der Waals surface area (Å²) >= 11 is 11.6. The van der Waals surface area contributed by atoms with Gasteiger partial charge in [0.05, 0.1) is 16.7 Å². The number of benzene rings is 1. The number of rotatable bonds is 3. The van der Waals surface area contributed by atoms with Crippen LogP contribution >= 0.6 is 23.2 Å². The predicted molar refractivity (Wildman–Crippen MR) is 59.2 cm³/mol. The van der Waals surface area contributed by atoms with E-state index in [2.05, 4.69) is 0 Å². The average Bonchev–Trinajstić information content (AvgIpc) is 2.09. The molecule has 3 nitrogen and oxygen atoms in total. The summed E-state index contributed by atoms with van der Waals surface area (Å²) in [5.41, 5.74) is -0.0557. The van der Waals surface area contributed by atoms with Gasteiger partial charge in [0, 0.05) is 11.1 Å². The molecular weight excluding hydrogens is 239 g/mol. The quantitative estimate of drug-likeness (QED) is 0.891. The fourth-order valence-corrected chi connectivity index (χ4v) is 1.50. The van der Waals surface area contributed by atoms with Crippen LogP contribution in [-0.4, -0.2) is 17.2 Å². The fraction of sp³-hybridized carbons (Fsp3) is 0.300. The number of hydrogen-bond acceptors (Lipinski definition) is 2. The van der Waals surface area contributed by atoms with Gasteiger partial charge in [0.1, 0.15) is 5.75 Å². The minimum absolute atomic E-state index is 0.0557. The molecule has 0 aliphatic heterocycles. The molecule has 0 unspecified atom stereocenters. The lowest BCUT2D eigenvalue weighted by Crippen LogP contribution is -2.07. The van der Waals surface area contributed by atoms with Gasteiger partial charge in [-0.3, -0.25) is 0 Å². The third kappa shape index (κ3) is 3.01. The zero-order chi connectivity index (χ0) is 11.6. The Labute approximate surface area is 97.6 Å². The average molecular weight is 249 g/mol. The Morgan fingerprint density at radius 1 is 1.40 bits per heavy atom. The molecule has 1 aromatic carbocycles. The second kappa shape index (κ2) is 4.73. The van der Waals surface area contributed by atoms with Crippen molar-refractivity contribution in [3.63, 3.8) is 0 Å². The van der Waals surface area contributed by atoms with Gasteiger partial charge in [-0.05, 0) is 19.9 Å². The van der Waals surface area contributed by atoms with Crippen LogP contribution in [-0.2, 0) is 0 Å². The molecule has 15 heavy (non-hydrogen) atoms. The van der Waals surface area contributed by atoms with Crippen molar-refractivity contribution < 1.29 is 14.6 Å². The van der Waals surface area contributed by atoms with Gasteiger partial charge in [0.15, 0.2) is 0 Å². The molecule has 0 aliphatic carbocycles. The molecule has 0 fully saturated rings. The minimum atomic E-state index is -1.13. The van der Waals surface area contributed by atoms with E-state index in [0.29, 0.717) is 0 Å². The molecule has 0 bridgehead atoms. The lowest BCUT2D eigenvalue weighted by atomic mass is 10.2. The first-order valence-electron chi connectivity index (χ1n) is 4.30.